The van der Waals surface area contributed by atoms with Gasteiger partial charge in [-0.2, -0.15) is 8.78 Å². The highest BCUT2D eigenvalue weighted by atomic mass is 19.3. The molecular weight excluding hydrogens is 351 g/mol. The minimum absolute atomic E-state index is 0.0449. The molecule has 0 unspecified atom stereocenters. The fraction of sp³-hybridized carbons (Fsp3) is 0.400. The number of halogens is 5. The van der Waals surface area contributed by atoms with Crippen molar-refractivity contribution in [2.24, 2.45) is 0 Å². The van der Waals surface area contributed by atoms with E-state index >= 15 is 0 Å². The summed E-state index contributed by atoms with van der Waals surface area (Å²) in [7, 11) is 0. The predicted octanol–water partition coefficient (Wildman–Crippen LogP) is 6.15. The number of rotatable bonds is 9. The van der Waals surface area contributed by atoms with Gasteiger partial charge in [-0.1, -0.05) is 44.0 Å². The zero-order valence-corrected chi connectivity index (χ0v) is 14.5. The van der Waals surface area contributed by atoms with Gasteiger partial charge in [-0.15, -0.1) is 0 Å². The molecule has 0 heterocycles. The molecule has 0 saturated heterocycles. The molecule has 142 valence electrons. The van der Waals surface area contributed by atoms with E-state index in [9.17, 15) is 22.0 Å². The third-order valence-electron chi connectivity index (χ3n) is 4.08. The van der Waals surface area contributed by atoms with E-state index in [-0.39, 0.29) is 17.5 Å². The van der Waals surface area contributed by atoms with Gasteiger partial charge < -0.3 is 4.74 Å². The second kappa shape index (κ2) is 9.12. The quantitative estimate of drug-likeness (QED) is 0.292. The van der Waals surface area contributed by atoms with Crippen molar-refractivity contribution < 1.29 is 26.7 Å². The van der Waals surface area contributed by atoms with Crippen molar-refractivity contribution in [2.45, 2.75) is 45.1 Å². The number of hydrogen-bond acceptors (Lipinski definition) is 1. The Labute approximate surface area is 149 Å². The monoisotopic (exact) mass is 372 g/mol. The Bertz CT molecular complexity index is 690. The highest BCUT2D eigenvalue weighted by Crippen LogP contribution is 2.30. The summed E-state index contributed by atoms with van der Waals surface area (Å²) in [6, 6.07) is 7.47. The van der Waals surface area contributed by atoms with Crippen LogP contribution in [0.25, 0.3) is 0 Å². The number of alkyl halides is 2. The standard InChI is InChI=1S/C20H21F5O/c1-2-3-4-5-14-6-8-16(9-7-14)20(24,25)26-11-10-15-12-17(21)19(23)18(22)13-15/h6-9,12-13H,2-5,10-11H2,1H3. The Hall–Kier alpha value is -1.95. The summed E-state index contributed by atoms with van der Waals surface area (Å²) in [4.78, 5) is 0. The molecule has 0 aliphatic carbocycles. The Kier molecular flexibility index (Phi) is 7.14. The molecule has 0 N–H and O–H groups in total. The Balaban J connectivity index is 1.91. The lowest BCUT2D eigenvalue weighted by Gasteiger charge is -2.17. The van der Waals surface area contributed by atoms with Gasteiger partial charge in [0.05, 0.1) is 12.2 Å². The van der Waals surface area contributed by atoms with Crippen LogP contribution in [0.1, 0.15) is 42.9 Å². The summed E-state index contributed by atoms with van der Waals surface area (Å²) in [6.45, 7) is 1.63. The van der Waals surface area contributed by atoms with Crippen molar-refractivity contribution in [3.05, 3.63) is 70.5 Å². The summed E-state index contributed by atoms with van der Waals surface area (Å²) in [5.41, 5.74) is 0.743. The van der Waals surface area contributed by atoms with Crippen LogP contribution in [-0.4, -0.2) is 6.61 Å². The molecule has 2 aromatic carbocycles. The van der Waals surface area contributed by atoms with E-state index in [1.807, 2.05) is 0 Å². The summed E-state index contributed by atoms with van der Waals surface area (Å²) >= 11 is 0. The molecule has 0 aliphatic rings. The maximum atomic E-state index is 14.1. The van der Waals surface area contributed by atoms with Crippen LogP contribution in [0.3, 0.4) is 0 Å². The molecule has 0 fully saturated rings. The van der Waals surface area contributed by atoms with Crippen LogP contribution < -0.4 is 0 Å². The molecule has 2 aromatic rings. The smallest absolute Gasteiger partial charge is 0.316 e. The fourth-order valence-corrected chi connectivity index (χ4v) is 2.58. The number of unbranched alkanes of at least 4 members (excludes halogenated alkanes) is 2. The predicted molar refractivity (Wildman–Crippen MR) is 89.5 cm³/mol. The van der Waals surface area contributed by atoms with Gasteiger partial charge in [-0.3, -0.25) is 0 Å². The van der Waals surface area contributed by atoms with Gasteiger partial charge in [0.25, 0.3) is 0 Å². The van der Waals surface area contributed by atoms with Gasteiger partial charge in [-0.05, 0) is 42.5 Å². The molecule has 0 aliphatic heterocycles. The van der Waals surface area contributed by atoms with Crippen LogP contribution in [0.2, 0.25) is 0 Å². The summed E-state index contributed by atoms with van der Waals surface area (Å²) in [5.74, 6) is -4.30. The van der Waals surface area contributed by atoms with Crippen molar-refractivity contribution in [3.63, 3.8) is 0 Å². The van der Waals surface area contributed by atoms with Crippen molar-refractivity contribution in [1.82, 2.24) is 0 Å². The van der Waals surface area contributed by atoms with E-state index in [1.165, 1.54) is 12.1 Å². The van der Waals surface area contributed by atoms with Gasteiger partial charge in [0.1, 0.15) is 0 Å². The molecular formula is C20H21F5O. The third kappa shape index (κ3) is 5.53. The fourth-order valence-electron chi connectivity index (χ4n) is 2.58. The first-order valence-electron chi connectivity index (χ1n) is 8.58. The molecule has 6 heteroatoms. The first kappa shape index (κ1) is 20.4. The van der Waals surface area contributed by atoms with E-state index in [0.717, 1.165) is 43.4 Å². The molecule has 2 rings (SSSR count). The van der Waals surface area contributed by atoms with Crippen molar-refractivity contribution in [3.8, 4) is 0 Å². The Morgan fingerprint density at radius 2 is 1.46 bits per heavy atom. The van der Waals surface area contributed by atoms with Crippen LogP contribution in [0.4, 0.5) is 22.0 Å². The highest BCUT2D eigenvalue weighted by Gasteiger charge is 2.32. The van der Waals surface area contributed by atoms with E-state index in [1.54, 1.807) is 12.1 Å². The third-order valence-corrected chi connectivity index (χ3v) is 4.08. The van der Waals surface area contributed by atoms with Crippen LogP contribution in [0.5, 0.6) is 0 Å². The van der Waals surface area contributed by atoms with E-state index in [4.69, 9.17) is 0 Å². The van der Waals surface area contributed by atoms with Gasteiger partial charge in [0.2, 0.25) is 0 Å². The lowest BCUT2D eigenvalue weighted by atomic mass is 10.1. The van der Waals surface area contributed by atoms with Crippen molar-refractivity contribution >= 4 is 0 Å². The first-order chi connectivity index (χ1) is 12.3. The normalized spacial score (nSPS) is 11.8. The minimum atomic E-state index is -3.51. The van der Waals surface area contributed by atoms with Crippen LogP contribution in [0.15, 0.2) is 36.4 Å². The van der Waals surface area contributed by atoms with Gasteiger partial charge in [0.15, 0.2) is 17.5 Å². The van der Waals surface area contributed by atoms with Gasteiger partial charge >= 0.3 is 6.11 Å². The molecule has 0 amide bonds. The second-order valence-corrected chi connectivity index (χ2v) is 6.14. The lowest BCUT2D eigenvalue weighted by molar-refractivity contribution is -0.248. The molecule has 0 spiro atoms. The Morgan fingerprint density at radius 3 is 2.04 bits per heavy atom. The molecule has 0 radical (unpaired) electrons. The summed E-state index contributed by atoms with van der Waals surface area (Å²) in [6.07, 6.45) is 0.338. The minimum Gasteiger partial charge on any atom is -0.316 e. The average Bonchev–Trinajstić information content (AvgIpc) is 2.60. The zero-order chi connectivity index (χ0) is 19.2. The molecule has 0 atom stereocenters. The summed E-state index contributed by atoms with van der Waals surface area (Å²) in [5, 5.41) is 0. The molecule has 0 aromatic heterocycles. The number of aryl methyl sites for hydroxylation is 1. The van der Waals surface area contributed by atoms with E-state index < -0.39 is 30.2 Å². The maximum absolute atomic E-state index is 14.1. The number of benzene rings is 2. The van der Waals surface area contributed by atoms with Gasteiger partial charge in [-0.25, -0.2) is 13.2 Å². The van der Waals surface area contributed by atoms with Crippen LogP contribution in [-0.2, 0) is 23.7 Å². The van der Waals surface area contributed by atoms with E-state index in [0.29, 0.717) is 0 Å². The van der Waals surface area contributed by atoms with Crippen molar-refractivity contribution in [1.29, 1.82) is 0 Å². The maximum Gasteiger partial charge on any atom is 0.383 e. The molecule has 26 heavy (non-hydrogen) atoms. The molecule has 1 nitrogen and oxygen atoms in total. The largest absolute Gasteiger partial charge is 0.383 e. The number of ether oxygens (including phenoxy) is 1. The average molecular weight is 372 g/mol. The lowest BCUT2D eigenvalue weighted by Crippen LogP contribution is -2.20. The number of hydrogen-bond donors (Lipinski definition) is 0. The second-order valence-electron chi connectivity index (χ2n) is 6.14. The van der Waals surface area contributed by atoms with Crippen LogP contribution in [0, 0.1) is 17.5 Å². The molecule has 0 saturated carbocycles. The highest BCUT2D eigenvalue weighted by molar-refractivity contribution is 5.25. The summed E-state index contributed by atoms with van der Waals surface area (Å²) < 4.78 is 71.9. The van der Waals surface area contributed by atoms with E-state index in [2.05, 4.69) is 11.7 Å². The topological polar surface area (TPSA) is 9.23 Å². The zero-order valence-electron chi connectivity index (χ0n) is 14.5. The van der Waals surface area contributed by atoms with Crippen molar-refractivity contribution in [2.75, 3.05) is 6.61 Å². The van der Waals surface area contributed by atoms with Crippen LogP contribution >= 0.6 is 0 Å². The first-order valence-corrected chi connectivity index (χ1v) is 8.58. The Morgan fingerprint density at radius 1 is 0.846 bits per heavy atom. The molecule has 0 bridgehead atoms. The van der Waals surface area contributed by atoms with Gasteiger partial charge in [0, 0.05) is 0 Å². The SMILES string of the molecule is CCCCCc1ccc(C(F)(F)OCCc2cc(F)c(F)c(F)c2)cc1.